The highest BCUT2D eigenvalue weighted by atomic mass is 32.1. The number of pyridine rings is 1. The number of para-hydroxylation sites is 1. The monoisotopic (exact) mass is 463 g/mol. The van der Waals surface area contributed by atoms with Crippen molar-refractivity contribution >= 4 is 45.0 Å². The van der Waals surface area contributed by atoms with Gasteiger partial charge in [-0.3, -0.25) is 5.32 Å². The minimum Gasteiger partial charge on any atom is -0.478 e. The first-order valence-electron chi connectivity index (χ1n) is 10.8. The van der Waals surface area contributed by atoms with Crippen LogP contribution in [0.1, 0.15) is 24.6 Å². The zero-order valence-corrected chi connectivity index (χ0v) is 19.1. The maximum Gasteiger partial charge on any atom is 0.325 e. The molecule has 0 atom stereocenters. The average Bonchev–Trinajstić information content (AvgIpc) is 3.27. The molecule has 4 aromatic rings. The molecule has 170 valence electrons. The van der Waals surface area contributed by atoms with Gasteiger partial charge in [0.2, 0.25) is 5.88 Å². The maximum absolute atomic E-state index is 12.1. The third-order valence-corrected chi connectivity index (χ3v) is 5.65. The molecule has 33 heavy (non-hydrogen) atoms. The lowest BCUT2D eigenvalue weighted by Crippen LogP contribution is -2.19. The summed E-state index contributed by atoms with van der Waals surface area (Å²) in [7, 11) is 0. The van der Waals surface area contributed by atoms with E-state index in [9.17, 15) is 4.79 Å². The number of nitrogens with zero attached hydrogens (tertiary/aromatic N) is 4. The summed E-state index contributed by atoms with van der Waals surface area (Å²) in [5.74, 6) is 1.23. The highest BCUT2D eigenvalue weighted by molar-refractivity contribution is 7.15. The Balaban J connectivity index is 1.31. The molecule has 10 heteroatoms. The van der Waals surface area contributed by atoms with Crippen molar-refractivity contribution in [1.29, 1.82) is 0 Å². The third-order valence-electron chi connectivity index (χ3n) is 4.67. The topological polar surface area (TPSA) is 114 Å². The van der Waals surface area contributed by atoms with Gasteiger partial charge in [0.25, 0.3) is 0 Å². The minimum atomic E-state index is -0.323. The van der Waals surface area contributed by atoms with E-state index in [-0.39, 0.29) is 6.03 Å². The normalized spacial score (nSPS) is 10.7. The number of nitrogens with one attached hydrogen (secondary N) is 3. The van der Waals surface area contributed by atoms with E-state index in [0.29, 0.717) is 35.5 Å². The van der Waals surface area contributed by atoms with Gasteiger partial charge in [0.15, 0.2) is 10.9 Å². The van der Waals surface area contributed by atoms with Gasteiger partial charge in [-0.2, -0.15) is 0 Å². The molecule has 9 nitrogen and oxygen atoms in total. The predicted octanol–water partition coefficient (Wildman–Crippen LogP) is 4.96. The zero-order valence-electron chi connectivity index (χ0n) is 18.2. The highest BCUT2D eigenvalue weighted by Gasteiger charge is 2.09. The van der Waals surface area contributed by atoms with Crippen LogP contribution in [0.15, 0.2) is 55.0 Å². The lowest BCUT2D eigenvalue weighted by Gasteiger charge is -2.09. The number of urea groups is 1. The molecule has 0 radical (unpaired) electrons. The highest BCUT2D eigenvalue weighted by Crippen LogP contribution is 2.22. The summed E-state index contributed by atoms with van der Waals surface area (Å²) in [5.41, 5.74) is 2.15. The van der Waals surface area contributed by atoms with E-state index in [4.69, 9.17) is 4.74 Å². The van der Waals surface area contributed by atoms with Gasteiger partial charge in [-0.15, -0.1) is 11.3 Å². The van der Waals surface area contributed by atoms with Crippen molar-refractivity contribution in [3.05, 3.63) is 59.9 Å². The molecule has 0 unspecified atom stereocenters. The number of ether oxygens (including phenoxy) is 1. The van der Waals surface area contributed by atoms with Crippen molar-refractivity contribution in [2.75, 3.05) is 29.1 Å². The van der Waals surface area contributed by atoms with Crippen LogP contribution >= 0.6 is 11.3 Å². The number of rotatable bonds is 10. The predicted molar refractivity (Wildman–Crippen MR) is 131 cm³/mol. The van der Waals surface area contributed by atoms with Crippen LogP contribution in [0.5, 0.6) is 5.88 Å². The lowest BCUT2D eigenvalue weighted by atomic mass is 10.3. The van der Waals surface area contributed by atoms with Gasteiger partial charge in [0.05, 0.1) is 12.1 Å². The van der Waals surface area contributed by atoms with Crippen LogP contribution in [0, 0.1) is 0 Å². The van der Waals surface area contributed by atoms with E-state index in [1.165, 1.54) is 17.7 Å². The van der Waals surface area contributed by atoms with Crippen molar-refractivity contribution in [3.63, 3.8) is 0 Å². The van der Waals surface area contributed by atoms with Crippen LogP contribution in [0.4, 0.5) is 21.4 Å². The second kappa shape index (κ2) is 11.2. The van der Waals surface area contributed by atoms with E-state index in [1.54, 1.807) is 6.20 Å². The SMILES string of the molecule is CCCCOc1ccc2ncnc(NCCc3cnc(NC(=O)Nc4ccccc4)s3)c2n1. The Bertz CT molecular complexity index is 1200. The number of unbranched alkanes of at least 4 members (excludes halogenated alkanes) is 1. The molecule has 1 aromatic carbocycles. The number of hydrogen-bond donors (Lipinski definition) is 3. The molecule has 2 amide bonds. The summed E-state index contributed by atoms with van der Waals surface area (Å²) in [6.07, 6.45) is 6.05. The molecule has 4 rings (SSSR count). The van der Waals surface area contributed by atoms with Crippen LogP contribution in [-0.4, -0.2) is 39.1 Å². The van der Waals surface area contributed by atoms with Gasteiger partial charge < -0.3 is 15.4 Å². The number of aromatic nitrogens is 4. The number of amides is 2. The van der Waals surface area contributed by atoms with E-state index in [2.05, 4.69) is 42.8 Å². The van der Waals surface area contributed by atoms with Crippen LogP contribution in [0.3, 0.4) is 0 Å². The summed E-state index contributed by atoms with van der Waals surface area (Å²) >= 11 is 1.43. The number of thiazole rings is 1. The zero-order chi connectivity index (χ0) is 22.9. The molecule has 3 N–H and O–H groups in total. The number of hydrogen-bond acceptors (Lipinski definition) is 8. The maximum atomic E-state index is 12.1. The van der Waals surface area contributed by atoms with Crippen LogP contribution in [0.25, 0.3) is 11.0 Å². The molecule has 0 bridgehead atoms. The molecule has 3 aromatic heterocycles. The van der Waals surface area contributed by atoms with Gasteiger partial charge in [0.1, 0.15) is 11.8 Å². The Kier molecular flexibility index (Phi) is 7.60. The quantitative estimate of drug-likeness (QED) is 0.285. The summed E-state index contributed by atoms with van der Waals surface area (Å²) in [6, 6.07) is 12.7. The molecule has 3 heterocycles. The average molecular weight is 464 g/mol. The fourth-order valence-electron chi connectivity index (χ4n) is 3.02. The van der Waals surface area contributed by atoms with Crippen LogP contribution < -0.4 is 20.7 Å². The molecule has 0 fully saturated rings. The smallest absolute Gasteiger partial charge is 0.325 e. The molecule has 0 aliphatic carbocycles. The minimum absolute atomic E-state index is 0.323. The standard InChI is InChI=1S/C23H25N7O2S/c1-2-3-13-32-19-10-9-18-20(29-19)21(27-15-26-18)24-12-11-17-14-25-23(33-17)30-22(31)28-16-7-5-4-6-8-16/h4-10,14-15H,2-3,11-13H2,1H3,(H,24,26,27)(H2,25,28,30,31). The summed E-state index contributed by atoms with van der Waals surface area (Å²) in [4.78, 5) is 30.6. The Hall–Kier alpha value is -3.79. The van der Waals surface area contributed by atoms with Crippen LogP contribution in [0.2, 0.25) is 0 Å². The Morgan fingerprint density at radius 3 is 2.79 bits per heavy atom. The number of benzene rings is 1. The van der Waals surface area contributed by atoms with Gasteiger partial charge in [-0.1, -0.05) is 31.5 Å². The Morgan fingerprint density at radius 1 is 1.06 bits per heavy atom. The second-order valence-electron chi connectivity index (χ2n) is 7.20. The van der Waals surface area contributed by atoms with Crippen molar-refractivity contribution < 1.29 is 9.53 Å². The van der Waals surface area contributed by atoms with Gasteiger partial charge in [-0.25, -0.2) is 24.7 Å². The van der Waals surface area contributed by atoms with Gasteiger partial charge in [-0.05, 0) is 24.6 Å². The number of carbonyl (C=O) groups excluding carboxylic acids is 1. The van der Waals surface area contributed by atoms with Crippen molar-refractivity contribution in [2.24, 2.45) is 0 Å². The first-order valence-corrected chi connectivity index (χ1v) is 11.6. The summed E-state index contributed by atoms with van der Waals surface area (Å²) < 4.78 is 5.71. The van der Waals surface area contributed by atoms with E-state index < -0.39 is 0 Å². The first-order chi connectivity index (χ1) is 16.2. The molecular weight excluding hydrogens is 438 g/mol. The second-order valence-corrected chi connectivity index (χ2v) is 8.31. The molecule has 0 aliphatic heterocycles. The fraction of sp³-hybridized carbons (Fsp3) is 0.261. The molecule has 0 aliphatic rings. The Morgan fingerprint density at radius 2 is 1.94 bits per heavy atom. The van der Waals surface area contributed by atoms with E-state index in [0.717, 1.165) is 35.3 Å². The first kappa shape index (κ1) is 22.4. The lowest BCUT2D eigenvalue weighted by molar-refractivity contribution is 0.262. The van der Waals surface area contributed by atoms with Crippen LogP contribution in [-0.2, 0) is 6.42 Å². The number of anilines is 3. The molecule has 0 spiro atoms. The van der Waals surface area contributed by atoms with Crippen molar-refractivity contribution in [1.82, 2.24) is 19.9 Å². The fourth-order valence-corrected chi connectivity index (χ4v) is 3.83. The van der Waals surface area contributed by atoms with Gasteiger partial charge >= 0.3 is 6.03 Å². The van der Waals surface area contributed by atoms with E-state index in [1.807, 2.05) is 42.5 Å². The largest absolute Gasteiger partial charge is 0.478 e. The summed E-state index contributed by atoms with van der Waals surface area (Å²) in [6.45, 7) is 3.39. The van der Waals surface area contributed by atoms with E-state index >= 15 is 0 Å². The van der Waals surface area contributed by atoms with Gasteiger partial charge in [0, 0.05) is 35.8 Å². The van der Waals surface area contributed by atoms with Crippen molar-refractivity contribution in [2.45, 2.75) is 26.2 Å². The number of fused-ring (bicyclic) bond motifs is 1. The molecule has 0 saturated carbocycles. The third kappa shape index (κ3) is 6.36. The molecular formula is C23H25N7O2S. The number of carbonyl (C=O) groups is 1. The van der Waals surface area contributed by atoms with Crippen molar-refractivity contribution in [3.8, 4) is 5.88 Å². The summed E-state index contributed by atoms with van der Waals surface area (Å²) in [5, 5.41) is 9.40. The molecule has 0 saturated heterocycles. The Labute approximate surface area is 195 Å².